The largest absolute Gasteiger partial charge is 0.370 e. The molecule has 0 aromatic heterocycles. The quantitative estimate of drug-likeness (QED) is 0.165. The number of hydrogen-bond acceptors (Lipinski definition) is 1. The lowest BCUT2D eigenvalue weighted by Gasteiger charge is -2.06. The first-order valence-electron chi connectivity index (χ1n) is 13.1. The van der Waals surface area contributed by atoms with Gasteiger partial charge in [-0.2, -0.15) is 0 Å². The first kappa shape index (κ1) is 30.0. The highest BCUT2D eigenvalue weighted by atomic mass is 35.5. The smallest absolute Gasteiger partial charge is 0.217 e. The monoisotopic (exact) mass is 451 g/mol. The number of nitrogens with two attached hydrogens (primary N) is 1. The van der Waals surface area contributed by atoms with Gasteiger partial charge in [0.2, 0.25) is 5.91 Å². The number of alkyl halides is 1. The molecule has 0 aliphatic heterocycles. The zero-order valence-electron chi connectivity index (χ0n) is 20.6. The van der Waals surface area contributed by atoms with Crippen molar-refractivity contribution < 1.29 is 4.79 Å². The maximum absolute atomic E-state index is 10.6. The van der Waals surface area contributed by atoms with Gasteiger partial charge in [-0.15, -0.1) is 11.6 Å². The van der Waals surface area contributed by atoms with Crippen LogP contribution in [-0.4, -0.2) is 5.91 Å². The summed E-state index contributed by atoms with van der Waals surface area (Å²) >= 11 is 6.11. The van der Waals surface area contributed by atoms with Crippen LogP contribution in [0.3, 0.4) is 0 Å². The van der Waals surface area contributed by atoms with E-state index >= 15 is 0 Å². The van der Waals surface area contributed by atoms with Gasteiger partial charge in [-0.3, -0.25) is 4.79 Å². The Kier molecular flexibility index (Phi) is 22.9. The number of carbonyl (C=O) groups excluding carboxylic acids is 1. The summed E-state index contributed by atoms with van der Waals surface area (Å²) in [5, 5.41) is 0.196. The SMILES string of the molecule is CCCC(Cl)c1ccccc1.CCCCCCCCCCCCCCCCCC(N)=O. The molecular weight excluding hydrogens is 402 g/mol. The van der Waals surface area contributed by atoms with Crippen molar-refractivity contribution in [2.75, 3.05) is 0 Å². The number of amides is 1. The lowest BCUT2D eigenvalue weighted by molar-refractivity contribution is -0.118. The molecule has 0 saturated heterocycles. The van der Waals surface area contributed by atoms with Crippen molar-refractivity contribution in [3.63, 3.8) is 0 Å². The summed E-state index contributed by atoms with van der Waals surface area (Å²) in [7, 11) is 0. The zero-order chi connectivity index (χ0) is 23.0. The van der Waals surface area contributed by atoms with Gasteiger partial charge in [0.15, 0.2) is 0 Å². The van der Waals surface area contributed by atoms with E-state index in [0.29, 0.717) is 6.42 Å². The summed E-state index contributed by atoms with van der Waals surface area (Å²) in [6.45, 7) is 4.43. The summed E-state index contributed by atoms with van der Waals surface area (Å²) in [6, 6.07) is 10.2. The van der Waals surface area contributed by atoms with E-state index in [0.717, 1.165) is 19.3 Å². The van der Waals surface area contributed by atoms with E-state index in [2.05, 4.69) is 26.0 Å². The Labute approximate surface area is 198 Å². The van der Waals surface area contributed by atoms with Gasteiger partial charge in [0.1, 0.15) is 0 Å². The second kappa shape index (κ2) is 23.6. The molecule has 0 fully saturated rings. The maximum atomic E-state index is 10.6. The minimum absolute atomic E-state index is 0.153. The van der Waals surface area contributed by atoms with Gasteiger partial charge in [0.25, 0.3) is 0 Å². The first-order chi connectivity index (χ1) is 15.1. The third kappa shape index (κ3) is 22.0. The van der Waals surface area contributed by atoms with Gasteiger partial charge >= 0.3 is 0 Å². The molecule has 180 valence electrons. The first-order valence-corrected chi connectivity index (χ1v) is 13.5. The molecule has 0 radical (unpaired) electrons. The van der Waals surface area contributed by atoms with E-state index in [9.17, 15) is 4.79 Å². The van der Waals surface area contributed by atoms with Crippen LogP contribution in [0.5, 0.6) is 0 Å². The fraction of sp³-hybridized carbons (Fsp3) is 0.750. The molecule has 1 amide bonds. The van der Waals surface area contributed by atoms with Crippen LogP contribution in [0.2, 0.25) is 0 Å². The second-order valence-corrected chi connectivity index (χ2v) is 9.36. The summed E-state index contributed by atoms with van der Waals surface area (Å²) in [5.74, 6) is -0.153. The van der Waals surface area contributed by atoms with E-state index in [1.165, 1.54) is 95.5 Å². The Balaban J connectivity index is 0.000000683. The van der Waals surface area contributed by atoms with Gasteiger partial charge < -0.3 is 5.73 Å². The summed E-state index contributed by atoms with van der Waals surface area (Å²) in [6.07, 6.45) is 23.1. The van der Waals surface area contributed by atoms with E-state index in [1.807, 2.05) is 18.2 Å². The van der Waals surface area contributed by atoms with Gasteiger partial charge in [-0.05, 0) is 18.4 Å². The Morgan fingerprint density at radius 3 is 1.52 bits per heavy atom. The van der Waals surface area contributed by atoms with Crippen LogP contribution >= 0.6 is 11.6 Å². The Hall–Kier alpha value is -1.02. The standard InChI is InChI=1S/C18H37NO.C10H13Cl/c1-2-3-4-5-6-7-8-9-10-11-12-13-14-15-16-17-18(19)20;1-2-6-10(11)9-7-4-3-5-8-9/h2-17H2,1H3,(H2,19,20);3-5,7-8,10H,2,6H2,1H3. The molecule has 3 heteroatoms. The number of hydrogen-bond donors (Lipinski definition) is 1. The molecule has 31 heavy (non-hydrogen) atoms. The highest BCUT2D eigenvalue weighted by Crippen LogP contribution is 2.24. The predicted molar refractivity (Wildman–Crippen MR) is 139 cm³/mol. The highest BCUT2D eigenvalue weighted by Gasteiger charge is 2.04. The van der Waals surface area contributed by atoms with E-state index in [-0.39, 0.29) is 11.3 Å². The fourth-order valence-corrected chi connectivity index (χ4v) is 4.12. The molecule has 1 aromatic carbocycles. The second-order valence-electron chi connectivity index (χ2n) is 8.83. The molecule has 0 aliphatic rings. The fourth-order valence-electron chi connectivity index (χ4n) is 3.75. The van der Waals surface area contributed by atoms with Crippen molar-refractivity contribution in [2.24, 2.45) is 5.73 Å². The van der Waals surface area contributed by atoms with Crippen LogP contribution in [-0.2, 0) is 4.79 Å². The van der Waals surface area contributed by atoms with Crippen LogP contribution in [0.4, 0.5) is 0 Å². The van der Waals surface area contributed by atoms with Crippen LogP contribution in [0.25, 0.3) is 0 Å². The average molecular weight is 452 g/mol. The van der Waals surface area contributed by atoms with E-state index in [1.54, 1.807) is 0 Å². The number of rotatable bonds is 19. The van der Waals surface area contributed by atoms with Crippen LogP contribution in [0.15, 0.2) is 30.3 Å². The van der Waals surface area contributed by atoms with E-state index in [4.69, 9.17) is 17.3 Å². The Morgan fingerprint density at radius 2 is 1.13 bits per heavy atom. The van der Waals surface area contributed by atoms with Gasteiger partial charge in [-0.1, -0.05) is 140 Å². The summed E-state index contributed by atoms with van der Waals surface area (Å²) < 4.78 is 0. The van der Waals surface area contributed by atoms with Crippen molar-refractivity contribution in [1.29, 1.82) is 0 Å². The number of carbonyl (C=O) groups is 1. The molecule has 1 aromatic rings. The van der Waals surface area contributed by atoms with Crippen molar-refractivity contribution in [3.05, 3.63) is 35.9 Å². The zero-order valence-corrected chi connectivity index (χ0v) is 21.3. The molecule has 0 aliphatic carbocycles. The van der Waals surface area contributed by atoms with E-state index < -0.39 is 0 Å². The summed E-state index contributed by atoms with van der Waals surface area (Å²) in [5.41, 5.74) is 6.34. The lowest BCUT2D eigenvalue weighted by atomic mass is 10.0. The third-order valence-corrected chi connectivity index (χ3v) is 6.20. The van der Waals surface area contributed by atoms with Gasteiger partial charge in [-0.25, -0.2) is 0 Å². The Bertz CT molecular complexity index is 491. The van der Waals surface area contributed by atoms with Crippen LogP contribution in [0, 0.1) is 0 Å². The summed E-state index contributed by atoms with van der Waals surface area (Å²) in [4.78, 5) is 10.6. The molecular formula is C28H50ClNO. The molecule has 2 nitrogen and oxygen atoms in total. The molecule has 0 saturated carbocycles. The molecule has 2 N–H and O–H groups in total. The lowest BCUT2D eigenvalue weighted by Crippen LogP contribution is -2.09. The van der Waals surface area contributed by atoms with Gasteiger partial charge in [0.05, 0.1) is 5.38 Å². The number of benzene rings is 1. The molecule has 0 spiro atoms. The van der Waals surface area contributed by atoms with Gasteiger partial charge in [0, 0.05) is 6.42 Å². The predicted octanol–water partition coefficient (Wildman–Crippen LogP) is 9.50. The topological polar surface area (TPSA) is 43.1 Å². The highest BCUT2D eigenvalue weighted by molar-refractivity contribution is 6.20. The molecule has 1 atom stereocenters. The maximum Gasteiger partial charge on any atom is 0.217 e. The average Bonchev–Trinajstić information content (AvgIpc) is 2.77. The molecule has 1 rings (SSSR count). The Morgan fingerprint density at radius 1 is 0.710 bits per heavy atom. The van der Waals surface area contributed by atoms with Crippen LogP contribution < -0.4 is 5.73 Å². The van der Waals surface area contributed by atoms with Crippen molar-refractivity contribution in [2.45, 2.75) is 135 Å². The third-order valence-electron chi connectivity index (χ3n) is 5.73. The minimum atomic E-state index is -0.153. The van der Waals surface area contributed by atoms with Crippen molar-refractivity contribution in [1.82, 2.24) is 0 Å². The number of halogens is 1. The normalized spacial score (nSPS) is 11.6. The van der Waals surface area contributed by atoms with Crippen molar-refractivity contribution >= 4 is 17.5 Å². The molecule has 1 unspecified atom stereocenters. The number of unbranched alkanes of at least 4 members (excludes halogenated alkanes) is 14. The molecule has 0 heterocycles. The van der Waals surface area contributed by atoms with Crippen molar-refractivity contribution in [3.8, 4) is 0 Å². The minimum Gasteiger partial charge on any atom is -0.370 e. The van der Waals surface area contributed by atoms with Crippen LogP contribution in [0.1, 0.15) is 140 Å². The number of primary amides is 1. The molecule has 0 bridgehead atoms.